The van der Waals surface area contributed by atoms with Crippen molar-refractivity contribution in [3.63, 3.8) is 0 Å². The van der Waals surface area contributed by atoms with Crippen molar-refractivity contribution in [2.75, 3.05) is 6.54 Å². The van der Waals surface area contributed by atoms with Crippen LogP contribution in [0.15, 0.2) is 0 Å². The molecule has 0 spiro atoms. The van der Waals surface area contributed by atoms with Gasteiger partial charge in [-0.25, -0.2) is 0 Å². The minimum absolute atomic E-state index is 0.130. The van der Waals surface area contributed by atoms with Crippen LogP contribution in [-0.4, -0.2) is 35.5 Å². The molecule has 1 aliphatic heterocycles. The molecule has 1 N–H and O–H groups in total. The van der Waals surface area contributed by atoms with E-state index in [-0.39, 0.29) is 6.04 Å². The molecule has 0 bridgehead atoms. The van der Waals surface area contributed by atoms with Crippen LogP contribution in [0.2, 0.25) is 0 Å². The summed E-state index contributed by atoms with van der Waals surface area (Å²) < 4.78 is 0. The lowest BCUT2D eigenvalue weighted by atomic mass is 9.82. The maximum atomic E-state index is 12.6. The van der Waals surface area contributed by atoms with Crippen LogP contribution in [0.1, 0.15) is 64.7 Å². The molecule has 0 aromatic heterocycles. The molecule has 3 nitrogen and oxygen atoms in total. The Morgan fingerprint density at radius 1 is 1.16 bits per heavy atom. The first-order valence-electron chi connectivity index (χ1n) is 8.36. The fourth-order valence-corrected chi connectivity index (χ4v) is 4.05. The number of hydrogen-bond acceptors (Lipinski definition) is 2. The molecule has 3 fully saturated rings. The van der Waals surface area contributed by atoms with Crippen LogP contribution in [0, 0.1) is 5.92 Å². The van der Waals surface area contributed by atoms with E-state index in [1.165, 1.54) is 44.9 Å². The predicted molar refractivity (Wildman–Crippen MR) is 76.9 cm³/mol. The third kappa shape index (κ3) is 2.96. The van der Waals surface area contributed by atoms with Crippen molar-refractivity contribution in [1.82, 2.24) is 10.2 Å². The van der Waals surface area contributed by atoms with Crippen LogP contribution >= 0.6 is 0 Å². The molecular weight excluding hydrogens is 236 g/mol. The lowest BCUT2D eigenvalue weighted by molar-refractivity contribution is -0.132. The summed E-state index contributed by atoms with van der Waals surface area (Å²) in [7, 11) is 0. The van der Waals surface area contributed by atoms with Gasteiger partial charge < -0.3 is 10.2 Å². The van der Waals surface area contributed by atoms with Gasteiger partial charge in [0.15, 0.2) is 0 Å². The highest BCUT2D eigenvalue weighted by atomic mass is 16.2. The van der Waals surface area contributed by atoms with Crippen LogP contribution in [0.25, 0.3) is 0 Å². The van der Waals surface area contributed by atoms with Crippen molar-refractivity contribution < 1.29 is 4.79 Å². The zero-order valence-corrected chi connectivity index (χ0v) is 12.2. The minimum Gasteiger partial charge on any atom is -0.338 e. The lowest BCUT2D eigenvalue weighted by Gasteiger charge is -2.36. The van der Waals surface area contributed by atoms with E-state index in [0.717, 1.165) is 25.3 Å². The largest absolute Gasteiger partial charge is 0.338 e. The standard InChI is InChI=1S/C16H28N2O/c1-2-15(12-6-4-3-5-7-12)18-11-10-14(16(18)19)17-13-8-9-13/h12-15,17H,2-11H2,1H3. The van der Waals surface area contributed by atoms with Gasteiger partial charge in [-0.1, -0.05) is 26.2 Å². The fourth-order valence-electron chi connectivity index (χ4n) is 4.05. The maximum Gasteiger partial charge on any atom is 0.240 e. The smallest absolute Gasteiger partial charge is 0.240 e. The first-order chi connectivity index (χ1) is 9.29. The van der Waals surface area contributed by atoms with E-state index in [1.807, 2.05) is 0 Å². The number of nitrogens with zero attached hydrogens (tertiary/aromatic N) is 1. The molecule has 0 aromatic carbocycles. The molecule has 1 amide bonds. The monoisotopic (exact) mass is 264 g/mol. The molecule has 1 heterocycles. The summed E-state index contributed by atoms with van der Waals surface area (Å²) >= 11 is 0. The van der Waals surface area contributed by atoms with E-state index in [0.29, 0.717) is 18.0 Å². The first-order valence-corrected chi connectivity index (χ1v) is 8.36. The van der Waals surface area contributed by atoms with Gasteiger partial charge in [0.2, 0.25) is 5.91 Å². The van der Waals surface area contributed by atoms with Gasteiger partial charge in [0.05, 0.1) is 6.04 Å². The van der Waals surface area contributed by atoms with Gasteiger partial charge in [0.1, 0.15) is 0 Å². The van der Waals surface area contributed by atoms with Crippen molar-refractivity contribution in [1.29, 1.82) is 0 Å². The van der Waals surface area contributed by atoms with Crippen molar-refractivity contribution in [3.05, 3.63) is 0 Å². The number of hydrogen-bond donors (Lipinski definition) is 1. The van der Waals surface area contributed by atoms with E-state index >= 15 is 0 Å². The van der Waals surface area contributed by atoms with Gasteiger partial charge in [0, 0.05) is 18.6 Å². The molecule has 19 heavy (non-hydrogen) atoms. The summed E-state index contributed by atoms with van der Waals surface area (Å²) in [6.07, 6.45) is 11.5. The van der Waals surface area contributed by atoms with E-state index in [4.69, 9.17) is 0 Å². The second-order valence-electron chi connectivity index (χ2n) is 6.69. The third-order valence-corrected chi connectivity index (χ3v) is 5.27. The average molecular weight is 264 g/mol. The Balaban J connectivity index is 1.60. The molecule has 3 aliphatic rings. The van der Waals surface area contributed by atoms with Crippen LogP contribution < -0.4 is 5.32 Å². The second-order valence-corrected chi connectivity index (χ2v) is 6.69. The molecule has 0 aromatic rings. The highest BCUT2D eigenvalue weighted by Gasteiger charge is 2.40. The van der Waals surface area contributed by atoms with Gasteiger partial charge >= 0.3 is 0 Å². The topological polar surface area (TPSA) is 32.3 Å². The maximum absolute atomic E-state index is 12.6. The number of amides is 1. The molecule has 2 unspecified atom stereocenters. The quantitative estimate of drug-likeness (QED) is 0.828. The Morgan fingerprint density at radius 3 is 2.53 bits per heavy atom. The Labute approximate surface area is 117 Å². The summed E-state index contributed by atoms with van der Waals surface area (Å²) in [5.74, 6) is 1.16. The lowest BCUT2D eigenvalue weighted by Crippen LogP contribution is -2.46. The summed E-state index contributed by atoms with van der Waals surface area (Å²) in [5, 5.41) is 3.52. The van der Waals surface area contributed by atoms with Crippen LogP contribution in [-0.2, 0) is 4.79 Å². The molecule has 108 valence electrons. The van der Waals surface area contributed by atoms with Crippen LogP contribution in [0.3, 0.4) is 0 Å². The Hall–Kier alpha value is -0.570. The number of carbonyl (C=O) groups is 1. The van der Waals surface area contributed by atoms with Crippen LogP contribution in [0.4, 0.5) is 0 Å². The van der Waals surface area contributed by atoms with Crippen molar-refractivity contribution >= 4 is 5.91 Å². The SMILES string of the molecule is CCC(C1CCCCC1)N1CCC(NC2CC2)C1=O. The molecular formula is C16H28N2O. The van der Waals surface area contributed by atoms with Crippen molar-refractivity contribution in [3.8, 4) is 0 Å². The van der Waals surface area contributed by atoms with Gasteiger partial charge in [-0.3, -0.25) is 4.79 Å². The Morgan fingerprint density at radius 2 is 1.89 bits per heavy atom. The van der Waals surface area contributed by atoms with E-state index < -0.39 is 0 Å². The zero-order chi connectivity index (χ0) is 13.2. The summed E-state index contributed by atoms with van der Waals surface area (Å²) in [4.78, 5) is 14.8. The molecule has 0 radical (unpaired) electrons. The molecule has 1 saturated heterocycles. The van der Waals surface area contributed by atoms with Crippen molar-refractivity contribution in [2.24, 2.45) is 5.92 Å². The van der Waals surface area contributed by atoms with Gasteiger partial charge in [-0.05, 0) is 44.4 Å². The Bertz CT molecular complexity index is 321. The first kappa shape index (κ1) is 13.4. The van der Waals surface area contributed by atoms with Crippen molar-refractivity contribution in [2.45, 2.75) is 82.8 Å². The number of nitrogens with one attached hydrogen (secondary N) is 1. The molecule has 3 rings (SSSR count). The summed E-state index contributed by atoms with van der Waals surface area (Å²) in [5.41, 5.74) is 0. The number of rotatable bonds is 5. The summed E-state index contributed by atoms with van der Waals surface area (Å²) in [6.45, 7) is 3.24. The Kier molecular flexibility index (Phi) is 4.11. The molecule has 2 atom stereocenters. The van der Waals surface area contributed by atoms with E-state index in [9.17, 15) is 4.79 Å². The van der Waals surface area contributed by atoms with Gasteiger partial charge in [-0.2, -0.15) is 0 Å². The van der Waals surface area contributed by atoms with Gasteiger partial charge in [0.25, 0.3) is 0 Å². The molecule has 3 heteroatoms. The normalized spacial score (nSPS) is 30.9. The third-order valence-electron chi connectivity index (χ3n) is 5.27. The highest BCUT2D eigenvalue weighted by molar-refractivity contribution is 5.84. The molecule has 2 saturated carbocycles. The van der Waals surface area contributed by atoms with E-state index in [1.54, 1.807) is 0 Å². The average Bonchev–Trinajstić information content (AvgIpc) is 3.19. The van der Waals surface area contributed by atoms with Crippen LogP contribution in [0.5, 0.6) is 0 Å². The highest BCUT2D eigenvalue weighted by Crippen LogP contribution is 2.33. The predicted octanol–water partition coefficient (Wildman–Crippen LogP) is 2.70. The number of likely N-dealkylation sites (tertiary alicyclic amines) is 1. The zero-order valence-electron chi connectivity index (χ0n) is 12.2. The van der Waals surface area contributed by atoms with E-state index in [2.05, 4.69) is 17.1 Å². The second kappa shape index (κ2) is 5.82. The van der Waals surface area contributed by atoms with Gasteiger partial charge in [-0.15, -0.1) is 0 Å². The molecule has 2 aliphatic carbocycles. The summed E-state index contributed by atoms with van der Waals surface area (Å²) in [6, 6.07) is 1.28. The minimum atomic E-state index is 0.130. The number of carbonyl (C=O) groups excluding carboxylic acids is 1. The fraction of sp³-hybridized carbons (Fsp3) is 0.938.